The molecule has 2 heterocycles. The van der Waals surface area contributed by atoms with Crippen molar-refractivity contribution in [3.8, 4) is 0 Å². The van der Waals surface area contributed by atoms with Crippen LogP contribution < -0.4 is 5.32 Å². The highest BCUT2D eigenvalue weighted by Crippen LogP contribution is 2.43. The molecular formula is C17H30N2O2. The lowest BCUT2D eigenvalue weighted by Crippen LogP contribution is -2.38. The van der Waals surface area contributed by atoms with Crippen molar-refractivity contribution in [2.45, 2.75) is 75.9 Å². The standard InChI is InChI=1S/C17H30N2O2/c20-16(19-12-4-1-5-13-19)7-11-18-14-15-6-10-17(21-15)8-2-3-9-17/h15,18H,1-14H2. The Hall–Kier alpha value is -0.610. The van der Waals surface area contributed by atoms with Gasteiger partial charge >= 0.3 is 0 Å². The van der Waals surface area contributed by atoms with Gasteiger partial charge in [0.1, 0.15) is 0 Å². The molecule has 1 atom stereocenters. The fourth-order valence-corrected chi connectivity index (χ4v) is 4.19. The molecular weight excluding hydrogens is 264 g/mol. The second-order valence-corrected chi connectivity index (χ2v) is 7.06. The van der Waals surface area contributed by atoms with Gasteiger partial charge in [-0.25, -0.2) is 0 Å². The first-order valence-electron chi connectivity index (χ1n) is 8.94. The van der Waals surface area contributed by atoms with E-state index in [9.17, 15) is 4.79 Å². The van der Waals surface area contributed by atoms with E-state index in [-0.39, 0.29) is 5.60 Å². The van der Waals surface area contributed by atoms with Gasteiger partial charge in [-0.2, -0.15) is 0 Å². The van der Waals surface area contributed by atoms with Crippen LogP contribution >= 0.6 is 0 Å². The smallest absolute Gasteiger partial charge is 0.223 e. The Morgan fingerprint density at radius 2 is 1.86 bits per heavy atom. The highest BCUT2D eigenvalue weighted by atomic mass is 16.5. The van der Waals surface area contributed by atoms with Crippen molar-refractivity contribution >= 4 is 5.91 Å². The quantitative estimate of drug-likeness (QED) is 0.792. The van der Waals surface area contributed by atoms with Crippen molar-refractivity contribution in [1.29, 1.82) is 0 Å². The number of nitrogens with one attached hydrogen (secondary N) is 1. The van der Waals surface area contributed by atoms with Crippen LogP contribution in [0.5, 0.6) is 0 Å². The predicted octanol–water partition coefficient (Wildman–Crippen LogP) is 2.47. The molecule has 4 nitrogen and oxygen atoms in total. The largest absolute Gasteiger partial charge is 0.370 e. The first-order valence-corrected chi connectivity index (χ1v) is 8.94. The Bertz CT molecular complexity index is 347. The number of hydrogen-bond donors (Lipinski definition) is 1. The maximum absolute atomic E-state index is 12.1. The first kappa shape index (κ1) is 15.3. The Morgan fingerprint density at radius 3 is 2.62 bits per heavy atom. The molecule has 1 amide bonds. The van der Waals surface area contributed by atoms with Crippen molar-refractivity contribution < 1.29 is 9.53 Å². The van der Waals surface area contributed by atoms with E-state index in [1.165, 1.54) is 57.8 Å². The van der Waals surface area contributed by atoms with Gasteiger partial charge in [-0.1, -0.05) is 12.8 Å². The molecule has 1 aliphatic carbocycles. The maximum atomic E-state index is 12.1. The van der Waals surface area contributed by atoms with E-state index in [4.69, 9.17) is 4.74 Å². The summed E-state index contributed by atoms with van der Waals surface area (Å²) < 4.78 is 6.28. The topological polar surface area (TPSA) is 41.6 Å². The molecule has 3 aliphatic rings. The van der Waals surface area contributed by atoms with E-state index < -0.39 is 0 Å². The number of ether oxygens (including phenoxy) is 1. The van der Waals surface area contributed by atoms with Crippen LogP contribution in [-0.4, -0.2) is 48.7 Å². The van der Waals surface area contributed by atoms with E-state index in [2.05, 4.69) is 5.32 Å². The summed E-state index contributed by atoms with van der Waals surface area (Å²) in [4.78, 5) is 14.1. The highest BCUT2D eigenvalue weighted by molar-refractivity contribution is 5.76. The molecule has 1 N–H and O–H groups in total. The number of rotatable bonds is 5. The van der Waals surface area contributed by atoms with Gasteiger partial charge < -0.3 is 15.0 Å². The van der Waals surface area contributed by atoms with Crippen LogP contribution in [0.2, 0.25) is 0 Å². The minimum atomic E-state index is 0.232. The summed E-state index contributed by atoms with van der Waals surface area (Å²) in [6, 6.07) is 0. The zero-order valence-corrected chi connectivity index (χ0v) is 13.2. The number of nitrogens with zero attached hydrogens (tertiary/aromatic N) is 1. The van der Waals surface area contributed by atoms with Crippen molar-refractivity contribution in [3.63, 3.8) is 0 Å². The van der Waals surface area contributed by atoms with Gasteiger partial charge in [-0.05, 0) is 44.9 Å². The van der Waals surface area contributed by atoms with Gasteiger partial charge in [-0.15, -0.1) is 0 Å². The molecule has 3 rings (SSSR count). The summed E-state index contributed by atoms with van der Waals surface area (Å²) in [5, 5.41) is 3.43. The van der Waals surface area contributed by atoms with Crippen molar-refractivity contribution in [3.05, 3.63) is 0 Å². The van der Waals surface area contributed by atoms with Gasteiger partial charge in [0.2, 0.25) is 5.91 Å². The molecule has 0 bridgehead atoms. The molecule has 21 heavy (non-hydrogen) atoms. The van der Waals surface area contributed by atoms with Crippen molar-refractivity contribution in [1.82, 2.24) is 10.2 Å². The van der Waals surface area contributed by atoms with E-state index in [0.29, 0.717) is 18.4 Å². The lowest BCUT2D eigenvalue weighted by Gasteiger charge is -2.27. The second kappa shape index (κ2) is 7.10. The van der Waals surface area contributed by atoms with E-state index in [1.54, 1.807) is 0 Å². The third-order valence-corrected chi connectivity index (χ3v) is 5.45. The van der Waals surface area contributed by atoms with Crippen LogP contribution in [0.1, 0.15) is 64.2 Å². The van der Waals surface area contributed by atoms with Crippen LogP contribution in [0.4, 0.5) is 0 Å². The normalized spacial score (nSPS) is 28.4. The van der Waals surface area contributed by atoms with E-state index >= 15 is 0 Å². The summed E-state index contributed by atoms with van der Waals surface area (Å²) >= 11 is 0. The second-order valence-electron chi connectivity index (χ2n) is 7.06. The molecule has 1 unspecified atom stereocenters. The average Bonchev–Trinajstić information content (AvgIpc) is 3.15. The Morgan fingerprint density at radius 1 is 1.10 bits per heavy atom. The van der Waals surface area contributed by atoms with E-state index in [1.807, 2.05) is 4.90 Å². The summed E-state index contributed by atoms with van der Waals surface area (Å²) in [6.07, 6.45) is 12.3. The van der Waals surface area contributed by atoms with Gasteiger partial charge in [0.05, 0.1) is 11.7 Å². The summed E-state index contributed by atoms with van der Waals surface area (Å²) in [5.74, 6) is 0.321. The van der Waals surface area contributed by atoms with Gasteiger partial charge in [-0.3, -0.25) is 4.79 Å². The number of carbonyl (C=O) groups excluding carboxylic acids is 1. The fraction of sp³-hybridized carbons (Fsp3) is 0.941. The minimum Gasteiger partial charge on any atom is -0.370 e. The zero-order valence-electron chi connectivity index (χ0n) is 13.2. The molecule has 0 aromatic rings. The lowest BCUT2D eigenvalue weighted by atomic mass is 9.98. The van der Waals surface area contributed by atoms with Crippen LogP contribution in [0.25, 0.3) is 0 Å². The van der Waals surface area contributed by atoms with Crippen LogP contribution in [0, 0.1) is 0 Å². The molecule has 0 aromatic carbocycles. The number of carbonyl (C=O) groups is 1. The average molecular weight is 294 g/mol. The van der Waals surface area contributed by atoms with Crippen LogP contribution in [0.3, 0.4) is 0 Å². The zero-order chi connectivity index (χ0) is 14.5. The fourth-order valence-electron chi connectivity index (χ4n) is 4.19. The summed E-state index contributed by atoms with van der Waals surface area (Å²) in [6.45, 7) is 3.64. The number of amides is 1. The molecule has 0 aromatic heterocycles. The first-order chi connectivity index (χ1) is 10.3. The summed E-state index contributed by atoms with van der Waals surface area (Å²) in [7, 11) is 0. The Kier molecular flexibility index (Phi) is 5.17. The molecule has 2 aliphatic heterocycles. The highest BCUT2D eigenvalue weighted by Gasteiger charge is 2.41. The molecule has 120 valence electrons. The summed E-state index contributed by atoms with van der Waals surface area (Å²) in [5.41, 5.74) is 0.232. The molecule has 3 fully saturated rings. The minimum absolute atomic E-state index is 0.232. The number of piperidine rings is 1. The van der Waals surface area contributed by atoms with Gasteiger partial charge in [0.15, 0.2) is 0 Å². The van der Waals surface area contributed by atoms with Crippen LogP contribution in [0.15, 0.2) is 0 Å². The molecule has 0 radical (unpaired) electrons. The van der Waals surface area contributed by atoms with Crippen molar-refractivity contribution in [2.24, 2.45) is 0 Å². The van der Waals surface area contributed by atoms with E-state index in [0.717, 1.165) is 26.2 Å². The Balaban J connectivity index is 1.29. The third-order valence-electron chi connectivity index (χ3n) is 5.45. The molecule has 4 heteroatoms. The van der Waals surface area contributed by atoms with Gasteiger partial charge in [0, 0.05) is 32.6 Å². The predicted molar refractivity (Wildman–Crippen MR) is 83.2 cm³/mol. The maximum Gasteiger partial charge on any atom is 0.223 e. The van der Waals surface area contributed by atoms with Gasteiger partial charge in [0.25, 0.3) is 0 Å². The molecule has 1 saturated carbocycles. The third kappa shape index (κ3) is 3.98. The number of likely N-dealkylation sites (tertiary alicyclic amines) is 1. The molecule has 1 spiro atoms. The Labute approximate surface area is 128 Å². The number of hydrogen-bond acceptors (Lipinski definition) is 3. The van der Waals surface area contributed by atoms with Crippen LogP contribution in [-0.2, 0) is 9.53 Å². The van der Waals surface area contributed by atoms with Crippen molar-refractivity contribution in [2.75, 3.05) is 26.2 Å². The molecule has 2 saturated heterocycles. The SMILES string of the molecule is O=C(CCNCC1CCC2(CCCC2)O1)N1CCCCC1. The lowest BCUT2D eigenvalue weighted by molar-refractivity contribution is -0.132. The monoisotopic (exact) mass is 294 g/mol.